The Morgan fingerprint density at radius 3 is 1.78 bits per heavy atom. The Kier molecular flexibility index (Phi) is 6.66. The van der Waals surface area contributed by atoms with E-state index in [0.29, 0.717) is 28.2 Å². The van der Waals surface area contributed by atoms with E-state index < -0.39 is 5.54 Å². The third-order valence-corrected chi connectivity index (χ3v) is 8.77. The van der Waals surface area contributed by atoms with Crippen molar-refractivity contribution < 1.29 is 19.1 Å². The topological polar surface area (TPSA) is 100 Å². The molecular formula is C37H32N4O4. The molecule has 0 fully saturated rings. The number of ether oxygens (including phenoxy) is 1. The second-order valence-corrected chi connectivity index (χ2v) is 11.4. The van der Waals surface area contributed by atoms with Crippen molar-refractivity contribution >= 4 is 35.1 Å². The number of hydrogen-bond donors (Lipinski definition) is 2. The zero-order valence-corrected chi connectivity index (χ0v) is 25.5. The molecule has 0 unspecified atom stereocenters. The maximum absolute atomic E-state index is 14.3. The summed E-state index contributed by atoms with van der Waals surface area (Å²) in [6, 6.07) is 22.4. The molecule has 224 valence electrons. The molecule has 2 aliphatic heterocycles. The summed E-state index contributed by atoms with van der Waals surface area (Å²) >= 11 is 0. The van der Waals surface area contributed by atoms with Gasteiger partial charge in [-0.2, -0.15) is 5.10 Å². The summed E-state index contributed by atoms with van der Waals surface area (Å²) in [7, 11) is 0. The van der Waals surface area contributed by atoms with Crippen molar-refractivity contribution in [3.8, 4) is 11.5 Å². The zero-order valence-electron chi connectivity index (χ0n) is 25.5. The number of aryl methyl sites for hydroxylation is 2. The summed E-state index contributed by atoms with van der Waals surface area (Å²) in [5.41, 5.74) is 6.27. The molecule has 4 aromatic carbocycles. The summed E-state index contributed by atoms with van der Waals surface area (Å²) in [4.78, 5) is 40.5. The molecular weight excluding hydrogens is 564 g/mol. The number of allylic oxidation sites excluding steroid dienone is 2. The lowest BCUT2D eigenvalue weighted by molar-refractivity contribution is 0.0675. The molecule has 1 spiro atoms. The van der Waals surface area contributed by atoms with Gasteiger partial charge in [0.2, 0.25) is 0 Å². The van der Waals surface area contributed by atoms with Crippen molar-refractivity contribution in [2.75, 3.05) is 23.7 Å². The molecule has 1 amide bonds. The van der Waals surface area contributed by atoms with Gasteiger partial charge in [-0.3, -0.25) is 14.4 Å². The lowest BCUT2D eigenvalue weighted by Crippen LogP contribution is -2.44. The minimum absolute atomic E-state index is 0.0168. The van der Waals surface area contributed by atoms with Crippen LogP contribution in [-0.4, -0.2) is 41.8 Å². The number of amides is 1. The molecule has 0 aromatic heterocycles. The number of hydrazone groups is 1. The Bertz CT molecular complexity index is 1910. The van der Waals surface area contributed by atoms with E-state index in [-0.39, 0.29) is 23.0 Å². The molecule has 8 heteroatoms. The Hall–Kier alpha value is -5.50. The molecule has 0 saturated heterocycles. The molecule has 8 nitrogen and oxygen atoms in total. The highest BCUT2D eigenvalue weighted by molar-refractivity contribution is 6.40. The number of nitrogens with one attached hydrogen (secondary N) is 2. The first-order valence-electron chi connectivity index (χ1n) is 15.1. The van der Waals surface area contributed by atoms with E-state index in [1.54, 1.807) is 24.3 Å². The number of carbonyl (C=O) groups is 3. The average Bonchev–Trinajstić information content (AvgIpc) is 3.43. The molecule has 2 N–H and O–H groups in total. The van der Waals surface area contributed by atoms with Crippen molar-refractivity contribution in [2.45, 2.75) is 33.2 Å². The second-order valence-electron chi connectivity index (χ2n) is 11.4. The van der Waals surface area contributed by atoms with E-state index in [1.807, 2.05) is 64.1 Å². The fourth-order valence-corrected chi connectivity index (χ4v) is 6.76. The van der Waals surface area contributed by atoms with Gasteiger partial charge >= 0.3 is 0 Å². The first-order valence-corrected chi connectivity index (χ1v) is 15.1. The van der Waals surface area contributed by atoms with Crippen LogP contribution < -0.4 is 15.4 Å². The Balaban J connectivity index is 1.47. The molecule has 1 aliphatic carbocycles. The van der Waals surface area contributed by atoms with Crippen LogP contribution in [0.4, 0.5) is 11.4 Å². The fraction of sp³-hybridized carbons (Fsp3) is 0.189. The number of benzene rings is 4. The van der Waals surface area contributed by atoms with Crippen LogP contribution in [0.3, 0.4) is 0 Å². The summed E-state index contributed by atoms with van der Waals surface area (Å²) in [5, 5.41) is 13.1. The maximum atomic E-state index is 14.3. The number of Topliss-reactive ketones (excluding diaryl/α,β-unsaturated/α-hetero) is 2. The van der Waals surface area contributed by atoms with Gasteiger partial charge in [0, 0.05) is 76.2 Å². The average molecular weight is 597 g/mol. The van der Waals surface area contributed by atoms with Gasteiger partial charge in [0.1, 0.15) is 17.0 Å². The van der Waals surface area contributed by atoms with Crippen molar-refractivity contribution in [2.24, 2.45) is 5.10 Å². The highest BCUT2D eigenvalue weighted by Gasteiger charge is 2.57. The van der Waals surface area contributed by atoms with Gasteiger partial charge in [-0.05, 0) is 63.1 Å². The van der Waals surface area contributed by atoms with Crippen LogP contribution in [-0.2, 0) is 5.54 Å². The second kappa shape index (κ2) is 10.6. The van der Waals surface area contributed by atoms with Crippen LogP contribution in [0.1, 0.15) is 72.7 Å². The summed E-state index contributed by atoms with van der Waals surface area (Å²) < 4.78 is 6.63. The molecule has 0 atom stereocenters. The monoisotopic (exact) mass is 596 g/mol. The number of hydrogen-bond acceptors (Lipinski definition) is 7. The highest BCUT2D eigenvalue weighted by atomic mass is 16.5. The molecule has 0 bridgehead atoms. The fourth-order valence-electron chi connectivity index (χ4n) is 6.76. The molecule has 3 aliphatic rings. The van der Waals surface area contributed by atoms with E-state index in [1.165, 1.54) is 17.3 Å². The highest BCUT2D eigenvalue weighted by Crippen LogP contribution is 2.59. The smallest absolute Gasteiger partial charge is 0.275 e. The van der Waals surface area contributed by atoms with Crippen molar-refractivity contribution in [3.05, 3.63) is 129 Å². The minimum Gasteiger partial charge on any atom is -0.456 e. The predicted molar refractivity (Wildman–Crippen MR) is 175 cm³/mol. The molecule has 4 aromatic rings. The molecule has 45 heavy (non-hydrogen) atoms. The van der Waals surface area contributed by atoms with E-state index in [4.69, 9.17) is 9.84 Å². The van der Waals surface area contributed by atoms with Gasteiger partial charge in [-0.25, -0.2) is 5.01 Å². The summed E-state index contributed by atoms with van der Waals surface area (Å²) in [6.07, 6.45) is 2.80. The Labute approximate surface area is 261 Å². The van der Waals surface area contributed by atoms with Gasteiger partial charge in [0.05, 0.1) is 5.57 Å². The van der Waals surface area contributed by atoms with E-state index >= 15 is 0 Å². The first-order chi connectivity index (χ1) is 21.8. The molecule has 0 saturated carbocycles. The largest absolute Gasteiger partial charge is 0.456 e. The quantitative estimate of drug-likeness (QED) is 0.141. The lowest BCUT2D eigenvalue weighted by Gasteiger charge is -2.42. The standard InChI is InChI=1S/C37H32N4O4/c1-5-38-30-19-32-28(17-21(30)3)37(29-18-22(4)31(39-6-2)20-33(29)45-32)27-14-10-9-13-25(27)36(44)41(37)40-16-15-26-34(42)23-11-7-8-12-24(23)35(26)43/h7-20,38-39H,5-6H2,1-4H3/b40-16+. The number of ketones is 2. The third kappa shape index (κ3) is 4.05. The van der Waals surface area contributed by atoms with Crippen LogP contribution in [0.15, 0.2) is 89.5 Å². The predicted octanol–water partition coefficient (Wildman–Crippen LogP) is 7.01. The third-order valence-electron chi connectivity index (χ3n) is 8.77. The van der Waals surface area contributed by atoms with E-state index in [0.717, 1.165) is 52.3 Å². The van der Waals surface area contributed by atoms with Crippen molar-refractivity contribution in [3.63, 3.8) is 0 Å². The summed E-state index contributed by atoms with van der Waals surface area (Å²) in [6.45, 7) is 9.60. The number of nitrogens with zero attached hydrogens (tertiary/aromatic N) is 2. The number of rotatable bonds is 6. The van der Waals surface area contributed by atoms with Crippen LogP contribution in [0.5, 0.6) is 11.5 Å². The number of fused-ring (bicyclic) bond motifs is 7. The lowest BCUT2D eigenvalue weighted by atomic mass is 9.74. The van der Waals surface area contributed by atoms with Crippen molar-refractivity contribution in [1.82, 2.24) is 5.01 Å². The Morgan fingerprint density at radius 2 is 1.24 bits per heavy atom. The minimum atomic E-state index is -1.18. The molecule has 7 rings (SSSR count). The van der Waals surface area contributed by atoms with Gasteiger partial charge < -0.3 is 15.4 Å². The van der Waals surface area contributed by atoms with Gasteiger partial charge in [-0.15, -0.1) is 0 Å². The molecule has 0 radical (unpaired) electrons. The normalized spacial score (nSPS) is 15.6. The van der Waals surface area contributed by atoms with Gasteiger partial charge in [0.15, 0.2) is 11.6 Å². The number of carbonyl (C=O) groups excluding carboxylic acids is 3. The zero-order chi connectivity index (χ0) is 31.5. The SMILES string of the molecule is CCNc1cc2c(cc1C)C1(c3cc(C)c(NCC)cc3O2)c2ccccc2C(=O)N1/N=C/C=C1C(=O)c2ccccc2C1=O. The van der Waals surface area contributed by atoms with E-state index in [2.05, 4.69) is 22.8 Å². The van der Waals surface area contributed by atoms with Gasteiger partial charge in [0.25, 0.3) is 5.91 Å². The van der Waals surface area contributed by atoms with Crippen LogP contribution >= 0.6 is 0 Å². The maximum Gasteiger partial charge on any atom is 0.275 e. The number of anilines is 2. The van der Waals surface area contributed by atoms with Crippen LogP contribution in [0.2, 0.25) is 0 Å². The molecule has 2 heterocycles. The van der Waals surface area contributed by atoms with Gasteiger partial charge in [-0.1, -0.05) is 42.5 Å². The Morgan fingerprint density at radius 1 is 0.733 bits per heavy atom. The van der Waals surface area contributed by atoms with E-state index in [9.17, 15) is 14.4 Å². The van der Waals surface area contributed by atoms with Crippen LogP contribution in [0, 0.1) is 13.8 Å². The van der Waals surface area contributed by atoms with Crippen molar-refractivity contribution in [1.29, 1.82) is 0 Å². The summed E-state index contributed by atoms with van der Waals surface area (Å²) in [5.74, 6) is 0.207. The van der Waals surface area contributed by atoms with Crippen LogP contribution in [0.25, 0.3) is 0 Å². The first kappa shape index (κ1) is 28.3.